The van der Waals surface area contributed by atoms with E-state index in [4.69, 9.17) is 5.11 Å². The van der Waals surface area contributed by atoms with Crippen molar-refractivity contribution in [2.24, 2.45) is 0 Å². The first kappa shape index (κ1) is 10.0. The predicted octanol–water partition coefficient (Wildman–Crippen LogP) is 0.0735. The maximum Gasteiger partial charge on any atom is 0.255 e. The number of amides is 1. The van der Waals surface area contributed by atoms with Crippen molar-refractivity contribution in [2.45, 2.75) is 18.9 Å². The van der Waals surface area contributed by atoms with Crippen LogP contribution in [0, 0.1) is 0 Å². The Kier molecular flexibility index (Phi) is 2.91. The van der Waals surface area contributed by atoms with Crippen LogP contribution in [0.5, 0.6) is 0 Å². The number of hydrogen-bond donors (Lipinski definition) is 1. The highest BCUT2D eigenvalue weighted by molar-refractivity contribution is 5.94. The van der Waals surface area contributed by atoms with Crippen LogP contribution in [0.1, 0.15) is 23.2 Å². The van der Waals surface area contributed by atoms with Gasteiger partial charge in [-0.15, -0.1) is 0 Å². The third-order valence-corrected chi connectivity index (χ3v) is 2.68. The second kappa shape index (κ2) is 4.35. The molecule has 2 heterocycles. The number of hydrogen-bond acceptors (Lipinski definition) is 4. The lowest BCUT2D eigenvalue weighted by molar-refractivity contribution is 0.0677. The zero-order chi connectivity index (χ0) is 10.7. The van der Waals surface area contributed by atoms with Crippen LogP contribution in [0.4, 0.5) is 0 Å². The summed E-state index contributed by atoms with van der Waals surface area (Å²) >= 11 is 0. The van der Waals surface area contributed by atoms with Gasteiger partial charge in [0.25, 0.3) is 5.91 Å². The van der Waals surface area contributed by atoms with Crippen molar-refractivity contribution in [3.05, 3.63) is 24.0 Å². The summed E-state index contributed by atoms with van der Waals surface area (Å²) in [7, 11) is 0. The topological polar surface area (TPSA) is 66.3 Å². The van der Waals surface area contributed by atoms with Crippen LogP contribution in [0.2, 0.25) is 0 Å². The molecule has 1 aliphatic rings. The largest absolute Gasteiger partial charge is 0.394 e. The van der Waals surface area contributed by atoms with Gasteiger partial charge in [0.15, 0.2) is 0 Å². The molecule has 80 valence electrons. The molecule has 2 rings (SSSR count). The summed E-state index contributed by atoms with van der Waals surface area (Å²) in [6.07, 6.45) is 4.78. The minimum Gasteiger partial charge on any atom is -0.394 e. The van der Waals surface area contributed by atoms with Gasteiger partial charge in [-0.25, -0.2) is 0 Å². The molecule has 1 unspecified atom stereocenters. The van der Waals surface area contributed by atoms with E-state index in [1.54, 1.807) is 11.0 Å². The summed E-state index contributed by atoms with van der Waals surface area (Å²) in [6, 6.07) is 1.60. The molecule has 5 heteroatoms. The van der Waals surface area contributed by atoms with E-state index in [1.165, 1.54) is 12.4 Å². The van der Waals surface area contributed by atoms with Crippen LogP contribution in [-0.4, -0.2) is 45.3 Å². The molecule has 0 spiro atoms. The highest BCUT2D eigenvalue weighted by atomic mass is 16.3. The van der Waals surface area contributed by atoms with Gasteiger partial charge in [0.1, 0.15) is 0 Å². The van der Waals surface area contributed by atoms with Gasteiger partial charge >= 0.3 is 0 Å². The Morgan fingerprint density at radius 3 is 3.13 bits per heavy atom. The molecule has 0 saturated carbocycles. The van der Waals surface area contributed by atoms with Gasteiger partial charge < -0.3 is 10.0 Å². The van der Waals surface area contributed by atoms with E-state index in [1.807, 2.05) is 0 Å². The monoisotopic (exact) mass is 207 g/mol. The van der Waals surface area contributed by atoms with E-state index in [9.17, 15) is 4.79 Å². The second-order valence-corrected chi connectivity index (χ2v) is 3.61. The fourth-order valence-electron chi connectivity index (χ4n) is 1.88. The van der Waals surface area contributed by atoms with Gasteiger partial charge in [0.05, 0.1) is 30.6 Å². The van der Waals surface area contributed by atoms with E-state index < -0.39 is 0 Å². The molecule has 1 fully saturated rings. The summed E-state index contributed by atoms with van der Waals surface area (Å²) in [5.41, 5.74) is 0.533. The average Bonchev–Trinajstić information content (AvgIpc) is 2.77. The third-order valence-electron chi connectivity index (χ3n) is 2.68. The van der Waals surface area contributed by atoms with E-state index in [2.05, 4.69) is 10.2 Å². The van der Waals surface area contributed by atoms with Crippen molar-refractivity contribution in [3.8, 4) is 0 Å². The Labute approximate surface area is 87.7 Å². The van der Waals surface area contributed by atoms with Gasteiger partial charge in [-0.3, -0.25) is 4.79 Å². The molecule has 1 atom stereocenters. The molecule has 1 saturated heterocycles. The fraction of sp³-hybridized carbons (Fsp3) is 0.500. The number of carbonyl (C=O) groups excluding carboxylic acids is 1. The van der Waals surface area contributed by atoms with Crippen LogP contribution >= 0.6 is 0 Å². The Balaban J connectivity index is 2.14. The molecule has 0 aliphatic carbocycles. The summed E-state index contributed by atoms with van der Waals surface area (Å²) < 4.78 is 0. The van der Waals surface area contributed by atoms with Crippen molar-refractivity contribution in [2.75, 3.05) is 13.2 Å². The van der Waals surface area contributed by atoms with E-state index in [0.29, 0.717) is 12.1 Å². The molecule has 1 aromatic rings. The first-order valence-electron chi connectivity index (χ1n) is 5.01. The average molecular weight is 207 g/mol. The summed E-state index contributed by atoms with van der Waals surface area (Å²) in [6.45, 7) is 0.747. The number of aliphatic hydroxyl groups is 1. The quantitative estimate of drug-likeness (QED) is 0.745. The molecular weight excluding hydrogens is 194 g/mol. The number of carbonyl (C=O) groups is 1. The smallest absolute Gasteiger partial charge is 0.255 e. The van der Waals surface area contributed by atoms with Gasteiger partial charge in [0.2, 0.25) is 0 Å². The molecule has 1 N–H and O–H groups in total. The minimum absolute atomic E-state index is 0.0320. The fourth-order valence-corrected chi connectivity index (χ4v) is 1.88. The van der Waals surface area contributed by atoms with Crippen LogP contribution in [-0.2, 0) is 0 Å². The van der Waals surface area contributed by atoms with E-state index >= 15 is 0 Å². The molecule has 0 aromatic carbocycles. The molecule has 1 aromatic heterocycles. The van der Waals surface area contributed by atoms with Gasteiger partial charge in [-0.1, -0.05) is 0 Å². The lowest BCUT2D eigenvalue weighted by Gasteiger charge is -2.22. The highest BCUT2D eigenvalue weighted by Crippen LogP contribution is 2.18. The molecule has 0 bridgehead atoms. The van der Waals surface area contributed by atoms with Crippen molar-refractivity contribution < 1.29 is 9.90 Å². The highest BCUT2D eigenvalue weighted by Gasteiger charge is 2.28. The zero-order valence-electron chi connectivity index (χ0n) is 8.33. The van der Waals surface area contributed by atoms with Crippen molar-refractivity contribution in [1.29, 1.82) is 0 Å². The maximum atomic E-state index is 12.0. The number of likely N-dealkylation sites (tertiary alicyclic amines) is 1. The third kappa shape index (κ3) is 1.97. The Hall–Kier alpha value is -1.49. The minimum atomic E-state index is -0.0681. The van der Waals surface area contributed by atoms with Gasteiger partial charge in [0, 0.05) is 6.54 Å². The lowest BCUT2D eigenvalue weighted by Crippen LogP contribution is -2.37. The van der Waals surface area contributed by atoms with Crippen molar-refractivity contribution in [3.63, 3.8) is 0 Å². The zero-order valence-corrected chi connectivity index (χ0v) is 8.33. The molecule has 15 heavy (non-hydrogen) atoms. The second-order valence-electron chi connectivity index (χ2n) is 3.61. The lowest BCUT2D eigenvalue weighted by atomic mass is 10.2. The van der Waals surface area contributed by atoms with Crippen LogP contribution in [0.25, 0.3) is 0 Å². The van der Waals surface area contributed by atoms with Crippen LogP contribution < -0.4 is 0 Å². The first-order valence-corrected chi connectivity index (χ1v) is 5.01. The molecule has 1 aliphatic heterocycles. The van der Waals surface area contributed by atoms with E-state index in [-0.39, 0.29) is 18.6 Å². The van der Waals surface area contributed by atoms with Crippen molar-refractivity contribution >= 4 is 5.91 Å². The predicted molar refractivity (Wildman–Crippen MR) is 53.2 cm³/mol. The standard InChI is InChI=1S/C10H13N3O2/c14-7-9-2-1-5-13(9)10(15)8-3-4-11-12-6-8/h3-4,6,9,14H,1-2,5,7H2. The SMILES string of the molecule is O=C(c1ccnnc1)N1CCCC1CO. The number of aliphatic hydroxyl groups excluding tert-OH is 1. The number of aromatic nitrogens is 2. The Morgan fingerprint density at radius 1 is 1.60 bits per heavy atom. The van der Waals surface area contributed by atoms with Crippen LogP contribution in [0.15, 0.2) is 18.5 Å². The Morgan fingerprint density at radius 2 is 2.47 bits per heavy atom. The Bertz CT molecular complexity index is 342. The number of rotatable bonds is 2. The molecule has 5 nitrogen and oxygen atoms in total. The van der Waals surface area contributed by atoms with Crippen LogP contribution in [0.3, 0.4) is 0 Å². The summed E-state index contributed by atoms with van der Waals surface area (Å²) in [4.78, 5) is 13.7. The van der Waals surface area contributed by atoms with Crippen molar-refractivity contribution in [1.82, 2.24) is 15.1 Å². The molecule has 1 amide bonds. The normalized spacial score (nSPS) is 20.6. The molecule has 0 radical (unpaired) electrons. The number of nitrogens with zero attached hydrogens (tertiary/aromatic N) is 3. The summed E-state index contributed by atoms with van der Waals surface area (Å²) in [5, 5.41) is 16.4. The molecular formula is C10H13N3O2. The van der Waals surface area contributed by atoms with Gasteiger partial charge in [-0.05, 0) is 18.9 Å². The maximum absolute atomic E-state index is 12.0. The summed E-state index contributed by atoms with van der Waals surface area (Å²) in [5.74, 6) is -0.0681. The van der Waals surface area contributed by atoms with Gasteiger partial charge in [-0.2, -0.15) is 10.2 Å². The van der Waals surface area contributed by atoms with E-state index in [0.717, 1.165) is 12.8 Å². The first-order chi connectivity index (χ1) is 7.33.